The zero-order chi connectivity index (χ0) is 12.8. The van der Waals surface area contributed by atoms with Crippen LogP contribution in [-0.4, -0.2) is 19.4 Å². The molecular formula is C14H18O4. The number of esters is 1. The van der Waals surface area contributed by atoms with Crippen LogP contribution in [-0.2, 0) is 16.0 Å². The maximum atomic E-state index is 11.4. The molecule has 0 aliphatic carbocycles. The fourth-order valence-electron chi connectivity index (χ4n) is 1.75. The predicted octanol–water partition coefficient (Wildman–Crippen LogP) is 2.69. The molecule has 4 nitrogen and oxygen atoms in total. The van der Waals surface area contributed by atoms with Crippen molar-refractivity contribution in [3.8, 4) is 11.5 Å². The number of aryl methyl sites for hydroxylation is 1. The summed E-state index contributed by atoms with van der Waals surface area (Å²) in [4.78, 5) is 11.4. The lowest BCUT2D eigenvalue weighted by atomic mass is 10.1. The van der Waals surface area contributed by atoms with Crippen molar-refractivity contribution in [2.75, 3.05) is 13.4 Å². The minimum atomic E-state index is -0.138. The second-order valence-corrected chi connectivity index (χ2v) is 4.26. The number of carbonyl (C=O) groups excluding carboxylic acids is 1. The summed E-state index contributed by atoms with van der Waals surface area (Å²) in [6.07, 6.45) is 3.04. The average molecular weight is 250 g/mol. The summed E-state index contributed by atoms with van der Waals surface area (Å²) in [7, 11) is 0. The smallest absolute Gasteiger partial charge is 0.306 e. The van der Waals surface area contributed by atoms with E-state index in [1.165, 1.54) is 0 Å². The molecule has 1 aliphatic rings. The number of ether oxygens (including phenoxy) is 3. The quantitative estimate of drug-likeness (QED) is 0.575. The zero-order valence-electron chi connectivity index (χ0n) is 10.6. The van der Waals surface area contributed by atoms with Gasteiger partial charge in [-0.05, 0) is 30.5 Å². The van der Waals surface area contributed by atoms with Crippen LogP contribution in [0.3, 0.4) is 0 Å². The Bertz CT molecular complexity index is 414. The first kappa shape index (κ1) is 12.7. The van der Waals surface area contributed by atoms with Crippen molar-refractivity contribution in [1.29, 1.82) is 0 Å². The topological polar surface area (TPSA) is 44.8 Å². The van der Waals surface area contributed by atoms with E-state index in [0.717, 1.165) is 29.9 Å². The zero-order valence-corrected chi connectivity index (χ0v) is 10.6. The van der Waals surface area contributed by atoms with Gasteiger partial charge >= 0.3 is 5.97 Å². The molecule has 1 aliphatic heterocycles. The molecule has 2 rings (SSSR count). The van der Waals surface area contributed by atoms with Gasteiger partial charge in [-0.2, -0.15) is 0 Å². The van der Waals surface area contributed by atoms with Crippen LogP contribution in [0.4, 0.5) is 0 Å². The van der Waals surface area contributed by atoms with Gasteiger partial charge in [-0.25, -0.2) is 0 Å². The van der Waals surface area contributed by atoms with Gasteiger partial charge in [0.1, 0.15) is 0 Å². The number of hydrogen-bond acceptors (Lipinski definition) is 4. The van der Waals surface area contributed by atoms with Crippen molar-refractivity contribution in [2.45, 2.75) is 32.6 Å². The molecule has 0 amide bonds. The molecule has 0 bridgehead atoms. The SMILES string of the molecule is CCCCOC(=O)CCc1ccc2c(c1)OCO2. The maximum Gasteiger partial charge on any atom is 0.306 e. The Morgan fingerprint density at radius 2 is 2.17 bits per heavy atom. The summed E-state index contributed by atoms with van der Waals surface area (Å²) < 4.78 is 15.6. The van der Waals surface area contributed by atoms with Gasteiger partial charge in [0.15, 0.2) is 11.5 Å². The largest absolute Gasteiger partial charge is 0.466 e. The Balaban J connectivity index is 1.78. The Morgan fingerprint density at radius 3 is 3.00 bits per heavy atom. The molecule has 1 aromatic rings. The van der Waals surface area contributed by atoms with E-state index in [4.69, 9.17) is 14.2 Å². The Hall–Kier alpha value is -1.71. The van der Waals surface area contributed by atoms with Crippen molar-refractivity contribution in [1.82, 2.24) is 0 Å². The highest BCUT2D eigenvalue weighted by Gasteiger charge is 2.13. The molecule has 0 radical (unpaired) electrons. The van der Waals surface area contributed by atoms with Gasteiger partial charge < -0.3 is 14.2 Å². The normalized spacial score (nSPS) is 12.5. The average Bonchev–Trinajstić information content (AvgIpc) is 2.84. The number of benzene rings is 1. The van der Waals surface area contributed by atoms with E-state index >= 15 is 0 Å². The fraction of sp³-hybridized carbons (Fsp3) is 0.500. The van der Waals surface area contributed by atoms with Crippen LogP contribution >= 0.6 is 0 Å². The number of unbranched alkanes of at least 4 members (excludes halogenated alkanes) is 1. The van der Waals surface area contributed by atoms with Crippen molar-refractivity contribution < 1.29 is 19.0 Å². The minimum Gasteiger partial charge on any atom is -0.466 e. The van der Waals surface area contributed by atoms with Crippen molar-refractivity contribution in [2.24, 2.45) is 0 Å². The second kappa shape index (κ2) is 6.28. The highest BCUT2D eigenvalue weighted by molar-refractivity contribution is 5.69. The molecule has 1 aromatic carbocycles. The summed E-state index contributed by atoms with van der Waals surface area (Å²) in [5.41, 5.74) is 1.06. The molecule has 0 unspecified atom stereocenters. The molecule has 0 spiro atoms. The second-order valence-electron chi connectivity index (χ2n) is 4.26. The lowest BCUT2D eigenvalue weighted by Gasteiger charge is -2.04. The van der Waals surface area contributed by atoms with Gasteiger partial charge in [0.25, 0.3) is 0 Å². The third-order valence-electron chi connectivity index (χ3n) is 2.82. The molecule has 98 valence electrons. The monoisotopic (exact) mass is 250 g/mol. The molecule has 0 fully saturated rings. The van der Waals surface area contributed by atoms with Gasteiger partial charge in [0.05, 0.1) is 6.61 Å². The van der Waals surface area contributed by atoms with Gasteiger partial charge in [-0.15, -0.1) is 0 Å². The van der Waals surface area contributed by atoms with E-state index < -0.39 is 0 Å². The first-order chi connectivity index (χ1) is 8.79. The highest BCUT2D eigenvalue weighted by Crippen LogP contribution is 2.32. The summed E-state index contributed by atoms with van der Waals surface area (Å²) >= 11 is 0. The molecule has 0 aromatic heterocycles. The molecule has 0 saturated carbocycles. The molecule has 0 saturated heterocycles. The van der Waals surface area contributed by atoms with E-state index in [9.17, 15) is 4.79 Å². The van der Waals surface area contributed by atoms with Gasteiger partial charge in [-0.1, -0.05) is 19.4 Å². The van der Waals surface area contributed by atoms with Crippen LogP contribution in [0.5, 0.6) is 11.5 Å². The van der Waals surface area contributed by atoms with E-state index in [-0.39, 0.29) is 12.8 Å². The van der Waals surface area contributed by atoms with Crippen LogP contribution in [0, 0.1) is 0 Å². The lowest BCUT2D eigenvalue weighted by Crippen LogP contribution is -2.06. The third-order valence-corrected chi connectivity index (χ3v) is 2.82. The van der Waals surface area contributed by atoms with Crippen LogP contribution in [0.1, 0.15) is 31.7 Å². The van der Waals surface area contributed by atoms with E-state index in [0.29, 0.717) is 19.4 Å². The summed E-state index contributed by atoms with van der Waals surface area (Å²) in [6, 6.07) is 5.74. The van der Waals surface area contributed by atoms with E-state index in [1.807, 2.05) is 18.2 Å². The van der Waals surface area contributed by atoms with Crippen molar-refractivity contribution >= 4 is 5.97 Å². The number of fused-ring (bicyclic) bond motifs is 1. The molecule has 4 heteroatoms. The Labute approximate surface area is 107 Å². The predicted molar refractivity (Wildman–Crippen MR) is 66.8 cm³/mol. The Morgan fingerprint density at radius 1 is 1.33 bits per heavy atom. The van der Waals surface area contributed by atoms with Crippen molar-refractivity contribution in [3.05, 3.63) is 23.8 Å². The maximum absolute atomic E-state index is 11.4. The van der Waals surface area contributed by atoms with E-state index in [1.54, 1.807) is 0 Å². The minimum absolute atomic E-state index is 0.138. The fourth-order valence-corrected chi connectivity index (χ4v) is 1.75. The van der Waals surface area contributed by atoms with Gasteiger partial charge in [-0.3, -0.25) is 4.79 Å². The third kappa shape index (κ3) is 3.39. The first-order valence-electron chi connectivity index (χ1n) is 6.33. The standard InChI is InChI=1S/C14H18O4/c1-2-3-8-16-14(15)7-5-11-4-6-12-13(9-11)18-10-17-12/h4,6,9H,2-3,5,7-8,10H2,1H3. The van der Waals surface area contributed by atoms with Crippen molar-refractivity contribution in [3.63, 3.8) is 0 Å². The lowest BCUT2D eigenvalue weighted by molar-refractivity contribution is -0.143. The molecule has 0 atom stereocenters. The van der Waals surface area contributed by atoms with Gasteiger partial charge in [0.2, 0.25) is 6.79 Å². The summed E-state index contributed by atoms with van der Waals surface area (Å²) in [6.45, 7) is 2.87. The summed E-state index contributed by atoms with van der Waals surface area (Å²) in [5.74, 6) is 1.39. The number of hydrogen-bond donors (Lipinski definition) is 0. The Kier molecular flexibility index (Phi) is 4.45. The molecule has 18 heavy (non-hydrogen) atoms. The summed E-state index contributed by atoms with van der Waals surface area (Å²) in [5, 5.41) is 0. The van der Waals surface area contributed by atoms with Crippen LogP contribution in [0.25, 0.3) is 0 Å². The molecule has 1 heterocycles. The van der Waals surface area contributed by atoms with Crippen LogP contribution in [0.15, 0.2) is 18.2 Å². The highest BCUT2D eigenvalue weighted by atomic mass is 16.7. The first-order valence-corrected chi connectivity index (χ1v) is 6.33. The molecular weight excluding hydrogens is 232 g/mol. The number of rotatable bonds is 6. The van der Waals surface area contributed by atoms with Crippen LogP contribution in [0.2, 0.25) is 0 Å². The van der Waals surface area contributed by atoms with Gasteiger partial charge in [0, 0.05) is 6.42 Å². The molecule has 0 N–H and O–H groups in total. The number of carbonyl (C=O) groups is 1. The van der Waals surface area contributed by atoms with Crippen LogP contribution < -0.4 is 9.47 Å². The van der Waals surface area contributed by atoms with E-state index in [2.05, 4.69) is 6.92 Å².